The Bertz CT molecular complexity index is 289. The number of nitrogens with zero attached hydrogens (tertiary/aromatic N) is 1. The van der Waals surface area contributed by atoms with Gasteiger partial charge in [0.2, 0.25) is 0 Å². The number of hydroxylamine groups is 2. The predicted octanol–water partition coefficient (Wildman–Crippen LogP) is 3.86. The highest BCUT2D eigenvalue weighted by atomic mass is 16.7. The Kier molecular flexibility index (Phi) is 3.33. The molecule has 0 aromatic carbocycles. The zero-order chi connectivity index (χ0) is 12.8. The number of rotatable bonds is 2. The number of fused-ring (bicyclic) bond motifs is 1. The monoisotopic (exact) mass is 239 g/mol. The standard InChI is InChI=1S/C15H29NO/c1-7-8-15(5)9-11(2)13-12(10-15)14(3,4)17-16(13)6/h11-13H,7-10H2,1-6H3/t11-,12+,13+,15+/m0/s1. The van der Waals surface area contributed by atoms with Crippen LogP contribution in [-0.2, 0) is 4.84 Å². The van der Waals surface area contributed by atoms with Crippen molar-refractivity contribution >= 4 is 0 Å². The van der Waals surface area contributed by atoms with Crippen molar-refractivity contribution in [3.05, 3.63) is 0 Å². The Morgan fingerprint density at radius 2 is 1.88 bits per heavy atom. The first-order valence-corrected chi connectivity index (χ1v) is 7.21. The van der Waals surface area contributed by atoms with Gasteiger partial charge in [-0.15, -0.1) is 0 Å². The minimum Gasteiger partial charge on any atom is -0.293 e. The summed E-state index contributed by atoms with van der Waals surface area (Å²) in [4.78, 5) is 6.07. The SMILES string of the molecule is CCC[C@@]1(C)C[C@@H]2[C@@H]([C@@H](C)C1)N(C)OC2(C)C. The van der Waals surface area contributed by atoms with Crippen molar-refractivity contribution in [3.63, 3.8) is 0 Å². The van der Waals surface area contributed by atoms with E-state index in [1.54, 1.807) is 0 Å². The van der Waals surface area contributed by atoms with Crippen molar-refractivity contribution in [2.45, 2.75) is 71.9 Å². The van der Waals surface area contributed by atoms with Gasteiger partial charge in [0.25, 0.3) is 0 Å². The molecule has 1 saturated carbocycles. The molecule has 2 heteroatoms. The fourth-order valence-corrected chi connectivity index (χ4v) is 4.61. The molecule has 2 aliphatic rings. The van der Waals surface area contributed by atoms with Crippen LogP contribution in [0.1, 0.15) is 60.3 Å². The van der Waals surface area contributed by atoms with Crippen LogP contribution in [0.5, 0.6) is 0 Å². The van der Waals surface area contributed by atoms with E-state index in [2.05, 4.69) is 46.7 Å². The lowest BCUT2D eigenvalue weighted by Crippen LogP contribution is -2.46. The van der Waals surface area contributed by atoms with E-state index in [1.165, 1.54) is 25.7 Å². The summed E-state index contributed by atoms with van der Waals surface area (Å²) in [6, 6.07) is 0.620. The summed E-state index contributed by atoms with van der Waals surface area (Å²) in [5.41, 5.74) is 0.546. The molecule has 0 amide bonds. The van der Waals surface area contributed by atoms with Crippen molar-refractivity contribution in [1.82, 2.24) is 5.06 Å². The largest absolute Gasteiger partial charge is 0.293 e. The van der Waals surface area contributed by atoms with Crippen molar-refractivity contribution in [2.24, 2.45) is 17.3 Å². The Hall–Kier alpha value is -0.0800. The molecule has 100 valence electrons. The Labute approximate surface area is 107 Å². The Morgan fingerprint density at radius 1 is 1.24 bits per heavy atom. The molecule has 1 saturated heterocycles. The molecule has 0 radical (unpaired) electrons. The van der Waals surface area contributed by atoms with Crippen LogP contribution in [0.15, 0.2) is 0 Å². The maximum Gasteiger partial charge on any atom is 0.0887 e. The fraction of sp³-hybridized carbons (Fsp3) is 1.00. The lowest BCUT2D eigenvalue weighted by molar-refractivity contribution is -0.182. The summed E-state index contributed by atoms with van der Waals surface area (Å²) >= 11 is 0. The third kappa shape index (κ3) is 2.26. The molecule has 1 heterocycles. The minimum atomic E-state index is 0.0170. The maximum atomic E-state index is 6.07. The van der Waals surface area contributed by atoms with E-state index in [1.807, 2.05) is 0 Å². The molecule has 0 N–H and O–H groups in total. The summed E-state index contributed by atoms with van der Waals surface area (Å²) in [5, 5.41) is 2.14. The van der Waals surface area contributed by atoms with Gasteiger partial charge in [-0.2, -0.15) is 5.06 Å². The summed E-state index contributed by atoms with van der Waals surface area (Å²) in [7, 11) is 2.12. The topological polar surface area (TPSA) is 12.5 Å². The van der Waals surface area contributed by atoms with Crippen LogP contribution >= 0.6 is 0 Å². The number of hydrogen-bond donors (Lipinski definition) is 0. The van der Waals surface area contributed by atoms with Crippen LogP contribution < -0.4 is 0 Å². The summed E-state index contributed by atoms with van der Waals surface area (Å²) in [5.74, 6) is 1.44. The van der Waals surface area contributed by atoms with Crippen LogP contribution in [0.25, 0.3) is 0 Å². The first kappa shape index (κ1) is 13.4. The molecule has 0 unspecified atom stereocenters. The predicted molar refractivity (Wildman–Crippen MR) is 71.6 cm³/mol. The zero-order valence-electron chi connectivity index (χ0n) is 12.4. The molecular weight excluding hydrogens is 210 g/mol. The second-order valence-corrected chi connectivity index (χ2v) is 7.28. The molecule has 2 fully saturated rings. The molecule has 0 spiro atoms. The average Bonchev–Trinajstić information content (AvgIpc) is 2.36. The molecular formula is C15H29NO. The lowest BCUT2D eigenvalue weighted by Gasteiger charge is -2.46. The van der Waals surface area contributed by atoms with Gasteiger partial charge in [0.05, 0.1) is 5.60 Å². The highest BCUT2D eigenvalue weighted by molar-refractivity contribution is 5.02. The van der Waals surface area contributed by atoms with E-state index >= 15 is 0 Å². The van der Waals surface area contributed by atoms with Crippen LogP contribution in [0.3, 0.4) is 0 Å². The number of hydrogen-bond acceptors (Lipinski definition) is 2. The zero-order valence-corrected chi connectivity index (χ0v) is 12.4. The van der Waals surface area contributed by atoms with E-state index in [9.17, 15) is 0 Å². The highest BCUT2D eigenvalue weighted by Gasteiger charge is 2.54. The molecule has 17 heavy (non-hydrogen) atoms. The molecule has 0 aromatic rings. The summed E-state index contributed by atoms with van der Waals surface area (Å²) < 4.78 is 0. The quantitative estimate of drug-likeness (QED) is 0.725. The van der Waals surface area contributed by atoms with Crippen molar-refractivity contribution in [1.29, 1.82) is 0 Å². The molecule has 0 bridgehead atoms. The van der Waals surface area contributed by atoms with Gasteiger partial charge in [-0.3, -0.25) is 4.84 Å². The third-order valence-electron chi connectivity index (χ3n) is 5.07. The van der Waals surface area contributed by atoms with Crippen molar-refractivity contribution in [3.8, 4) is 0 Å². The third-order valence-corrected chi connectivity index (χ3v) is 5.07. The van der Waals surface area contributed by atoms with E-state index in [4.69, 9.17) is 4.84 Å². The van der Waals surface area contributed by atoms with Crippen molar-refractivity contribution in [2.75, 3.05) is 7.05 Å². The fourth-order valence-electron chi connectivity index (χ4n) is 4.61. The van der Waals surface area contributed by atoms with Crippen LogP contribution in [0, 0.1) is 17.3 Å². The van der Waals surface area contributed by atoms with E-state index in [-0.39, 0.29) is 5.60 Å². The van der Waals surface area contributed by atoms with E-state index in [0.717, 1.165) is 5.92 Å². The maximum absolute atomic E-state index is 6.07. The lowest BCUT2D eigenvalue weighted by atomic mass is 9.60. The second-order valence-electron chi connectivity index (χ2n) is 7.28. The Morgan fingerprint density at radius 3 is 2.47 bits per heavy atom. The summed E-state index contributed by atoms with van der Waals surface area (Å²) in [6.45, 7) is 11.7. The van der Waals surface area contributed by atoms with E-state index < -0.39 is 0 Å². The minimum absolute atomic E-state index is 0.0170. The van der Waals surface area contributed by atoms with Gasteiger partial charge in [-0.25, -0.2) is 0 Å². The van der Waals surface area contributed by atoms with Gasteiger partial charge in [-0.05, 0) is 44.4 Å². The molecule has 1 aliphatic carbocycles. The van der Waals surface area contributed by atoms with Gasteiger partial charge in [0, 0.05) is 19.0 Å². The smallest absolute Gasteiger partial charge is 0.0887 e. The Balaban J connectivity index is 2.22. The molecule has 4 atom stereocenters. The normalized spacial score (nSPS) is 45.9. The second kappa shape index (κ2) is 4.24. The van der Waals surface area contributed by atoms with Crippen LogP contribution in [-0.4, -0.2) is 23.8 Å². The molecule has 1 aliphatic heterocycles. The summed E-state index contributed by atoms with van der Waals surface area (Å²) in [6.07, 6.45) is 5.34. The van der Waals surface area contributed by atoms with Crippen LogP contribution in [0.4, 0.5) is 0 Å². The first-order valence-electron chi connectivity index (χ1n) is 7.21. The molecule has 2 nitrogen and oxygen atoms in total. The van der Waals surface area contributed by atoms with Gasteiger partial charge in [0.1, 0.15) is 0 Å². The molecule has 0 aromatic heterocycles. The van der Waals surface area contributed by atoms with Crippen molar-refractivity contribution < 1.29 is 4.84 Å². The first-order chi connectivity index (χ1) is 7.79. The van der Waals surface area contributed by atoms with Gasteiger partial charge < -0.3 is 0 Å². The van der Waals surface area contributed by atoms with Gasteiger partial charge in [-0.1, -0.05) is 27.2 Å². The van der Waals surface area contributed by atoms with Gasteiger partial charge >= 0.3 is 0 Å². The van der Waals surface area contributed by atoms with Gasteiger partial charge in [0.15, 0.2) is 0 Å². The van der Waals surface area contributed by atoms with Crippen LogP contribution in [0.2, 0.25) is 0 Å². The average molecular weight is 239 g/mol. The highest BCUT2D eigenvalue weighted by Crippen LogP contribution is 2.53. The molecule has 2 rings (SSSR count). The van der Waals surface area contributed by atoms with E-state index in [0.29, 0.717) is 17.4 Å².